The molecule has 122 valence electrons. The first-order valence-electron chi connectivity index (χ1n) is 7.34. The molecule has 6 nitrogen and oxygen atoms in total. The molecule has 0 aliphatic carbocycles. The van der Waals surface area contributed by atoms with Crippen LogP contribution < -0.4 is 14.8 Å². The minimum absolute atomic E-state index is 0.219. The number of nitrogens with zero attached hydrogens (tertiary/aromatic N) is 1. The Morgan fingerprint density at radius 1 is 1.12 bits per heavy atom. The Bertz CT molecular complexity index is 899. The highest BCUT2D eigenvalue weighted by Crippen LogP contribution is 2.28. The summed E-state index contributed by atoms with van der Waals surface area (Å²) in [6.07, 6.45) is 4.92. The van der Waals surface area contributed by atoms with Crippen molar-refractivity contribution in [3.8, 4) is 11.5 Å². The number of carbonyl (C=O) groups excluding carboxylic acids is 1. The van der Waals surface area contributed by atoms with E-state index in [1.54, 1.807) is 38.6 Å². The van der Waals surface area contributed by atoms with Crippen LogP contribution in [0.25, 0.3) is 17.0 Å². The number of amides is 1. The maximum Gasteiger partial charge on any atom is 0.248 e. The van der Waals surface area contributed by atoms with E-state index in [0.717, 1.165) is 16.5 Å². The number of methoxy groups -OCH3 is 2. The van der Waals surface area contributed by atoms with Crippen LogP contribution in [0.5, 0.6) is 11.5 Å². The first kappa shape index (κ1) is 15.6. The molecule has 0 atom stereocenters. The number of H-pyrrole nitrogens is 1. The van der Waals surface area contributed by atoms with E-state index in [1.807, 2.05) is 24.3 Å². The zero-order valence-corrected chi connectivity index (χ0v) is 13.4. The van der Waals surface area contributed by atoms with Gasteiger partial charge >= 0.3 is 0 Å². The van der Waals surface area contributed by atoms with Gasteiger partial charge in [0.2, 0.25) is 5.91 Å². The van der Waals surface area contributed by atoms with Crippen molar-refractivity contribution in [2.24, 2.45) is 0 Å². The molecule has 0 saturated carbocycles. The second-order valence-corrected chi connectivity index (χ2v) is 5.11. The third-order valence-electron chi connectivity index (χ3n) is 3.54. The van der Waals surface area contributed by atoms with E-state index >= 15 is 0 Å². The lowest BCUT2D eigenvalue weighted by Gasteiger charge is -2.07. The summed E-state index contributed by atoms with van der Waals surface area (Å²) in [5, 5.41) is 10.6. The molecule has 1 aromatic heterocycles. The lowest BCUT2D eigenvalue weighted by atomic mass is 10.2. The second kappa shape index (κ2) is 6.87. The van der Waals surface area contributed by atoms with E-state index in [0.29, 0.717) is 17.2 Å². The van der Waals surface area contributed by atoms with Crippen molar-refractivity contribution in [1.82, 2.24) is 10.2 Å². The van der Waals surface area contributed by atoms with Crippen molar-refractivity contribution < 1.29 is 14.3 Å². The van der Waals surface area contributed by atoms with E-state index in [1.165, 1.54) is 6.08 Å². The monoisotopic (exact) mass is 323 g/mol. The topological polar surface area (TPSA) is 76.2 Å². The van der Waals surface area contributed by atoms with E-state index in [-0.39, 0.29) is 5.91 Å². The Hall–Kier alpha value is -3.28. The third-order valence-corrected chi connectivity index (χ3v) is 3.54. The predicted octanol–water partition coefficient (Wildman–Crippen LogP) is 3.23. The van der Waals surface area contributed by atoms with Gasteiger partial charge in [-0.3, -0.25) is 9.89 Å². The van der Waals surface area contributed by atoms with E-state index in [2.05, 4.69) is 15.5 Å². The van der Waals surface area contributed by atoms with Crippen LogP contribution in [0.3, 0.4) is 0 Å². The van der Waals surface area contributed by atoms with Gasteiger partial charge in [-0.05, 0) is 42.0 Å². The normalized spacial score (nSPS) is 10.9. The quantitative estimate of drug-likeness (QED) is 0.707. The molecule has 3 aromatic rings. The molecule has 6 heteroatoms. The predicted molar refractivity (Wildman–Crippen MR) is 93.3 cm³/mol. The standard InChI is InChI=1S/C18H17N3O3/c1-23-16-7-3-12(9-17(16)24-2)4-8-18(22)20-14-6-5-13-11-19-21-15(13)10-14/h3-11H,1-2H3,(H,19,21)(H,20,22)/b8-4+. The number of aromatic amines is 1. The summed E-state index contributed by atoms with van der Waals surface area (Å²) in [5.41, 5.74) is 2.41. The summed E-state index contributed by atoms with van der Waals surface area (Å²) >= 11 is 0. The van der Waals surface area contributed by atoms with Crippen molar-refractivity contribution in [3.05, 3.63) is 54.2 Å². The number of nitrogens with one attached hydrogen (secondary N) is 2. The lowest BCUT2D eigenvalue weighted by Crippen LogP contribution is -2.07. The van der Waals surface area contributed by atoms with E-state index < -0.39 is 0 Å². The smallest absolute Gasteiger partial charge is 0.248 e. The number of hydrogen-bond donors (Lipinski definition) is 2. The van der Waals surface area contributed by atoms with Crippen LogP contribution in [0.2, 0.25) is 0 Å². The average Bonchev–Trinajstić information content (AvgIpc) is 3.07. The van der Waals surface area contributed by atoms with Crippen LogP contribution in [0, 0.1) is 0 Å². The van der Waals surface area contributed by atoms with E-state index in [9.17, 15) is 4.79 Å². The van der Waals surface area contributed by atoms with Crippen LogP contribution in [0.1, 0.15) is 5.56 Å². The zero-order valence-electron chi connectivity index (χ0n) is 13.4. The highest BCUT2D eigenvalue weighted by molar-refractivity contribution is 6.02. The molecule has 0 saturated heterocycles. The van der Waals surface area contributed by atoms with Gasteiger partial charge in [-0.1, -0.05) is 6.07 Å². The minimum Gasteiger partial charge on any atom is -0.493 e. The van der Waals surface area contributed by atoms with Crippen molar-refractivity contribution in [1.29, 1.82) is 0 Å². The van der Waals surface area contributed by atoms with Crippen molar-refractivity contribution in [2.75, 3.05) is 19.5 Å². The second-order valence-electron chi connectivity index (χ2n) is 5.11. The van der Waals surface area contributed by atoms with Gasteiger partial charge < -0.3 is 14.8 Å². The van der Waals surface area contributed by atoms with Crippen molar-refractivity contribution >= 4 is 28.6 Å². The number of rotatable bonds is 5. The third kappa shape index (κ3) is 3.38. The van der Waals surface area contributed by atoms with Gasteiger partial charge in [0.1, 0.15) is 0 Å². The molecule has 0 spiro atoms. The zero-order chi connectivity index (χ0) is 16.9. The van der Waals surface area contributed by atoms with Gasteiger partial charge in [0.05, 0.1) is 25.9 Å². The molecule has 0 fully saturated rings. The molecule has 0 radical (unpaired) electrons. The van der Waals surface area contributed by atoms with Crippen LogP contribution >= 0.6 is 0 Å². The average molecular weight is 323 g/mol. The summed E-state index contributed by atoms with van der Waals surface area (Å²) in [6.45, 7) is 0. The molecular weight excluding hydrogens is 306 g/mol. The maximum atomic E-state index is 12.1. The van der Waals surface area contributed by atoms with Crippen LogP contribution in [-0.2, 0) is 4.79 Å². The number of hydrogen-bond acceptors (Lipinski definition) is 4. The Morgan fingerprint density at radius 2 is 1.96 bits per heavy atom. The molecule has 2 N–H and O–H groups in total. The SMILES string of the molecule is COc1ccc(/C=C/C(=O)Nc2ccc3cn[nH]c3c2)cc1OC. The molecule has 0 aliphatic heterocycles. The van der Waals surface area contributed by atoms with Crippen LogP contribution in [0.4, 0.5) is 5.69 Å². The fraction of sp³-hybridized carbons (Fsp3) is 0.111. The number of benzene rings is 2. The van der Waals surface area contributed by atoms with Crippen molar-refractivity contribution in [2.45, 2.75) is 0 Å². The van der Waals surface area contributed by atoms with Crippen LogP contribution in [-0.4, -0.2) is 30.3 Å². The fourth-order valence-corrected chi connectivity index (χ4v) is 2.33. The number of carbonyl (C=O) groups is 1. The minimum atomic E-state index is -0.219. The molecule has 2 aromatic carbocycles. The van der Waals surface area contributed by atoms with Gasteiger partial charge in [-0.15, -0.1) is 0 Å². The fourth-order valence-electron chi connectivity index (χ4n) is 2.33. The number of anilines is 1. The Kier molecular flexibility index (Phi) is 4.47. The molecule has 0 unspecified atom stereocenters. The first-order chi connectivity index (χ1) is 11.7. The highest BCUT2D eigenvalue weighted by atomic mass is 16.5. The summed E-state index contributed by atoms with van der Waals surface area (Å²) < 4.78 is 10.4. The molecule has 1 amide bonds. The molecular formula is C18H17N3O3. The van der Waals surface area contributed by atoms with Gasteiger partial charge in [0.15, 0.2) is 11.5 Å². The van der Waals surface area contributed by atoms with Gasteiger partial charge in [-0.2, -0.15) is 5.10 Å². The van der Waals surface area contributed by atoms with Crippen molar-refractivity contribution in [3.63, 3.8) is 0 Å². The summed E-state index contributed by atoms with van der Waals surface area (Å²) in [7, 11) is 3.15. The van der Waals surface area contributed by atoms with E-state index in [4.69, 9.17) is 9.47 Å². The first-order valence-corrected chi connectivity index (χ1v) is 7.34. The number of fused-ring (bicyclic) bond motifs is 1. The molecule has 0 bridgehead atoms. The molecule has 24 heavy (non-hydrogen) atoms. The maximum absolute atomic E-state index is 12.1. The Labute approximate surface area is 139 Å². The van der Waals surface area contributed by atoms with Gasteiger partial charge in [0, 0.05) is 17.1 Å². The molecule has 1 heterocycles. The number of ether oxygens (including phenoxy) is 2. The Balaban J connectivity index is 1.70. The van der Waals surface area contributed by atoms with Gasteiger partial charge in [0.25, 0.3) is 0 Å². The van der Waals surface area contributed by atoms with Crippen LogP contribution in [0.15, 0.2) is 48.7 Å². The largest absolute Gasteiger partial charge is 0.493 e. The summed E-state index contributed by atoms with van der Waals surface area (Å²) in [5.74, 6) is 1.04. The number of aromatic nitrogens is 2. The molecule has 0 aliphatic rings. The summed E-state index contributed by atoms with van der Waals surface area (Å²) in [4.78, 5) is 12.1. The lowest BCUT2D eigenvalue weighted by molar-refractivity contribution is -0.111. The van der Waals surface area contributed by atoms with Gasteiger partial charge in [-0.25, -0.2) is 0 Å². The summed E-state index contributed by atoms with van der Waals surface area (Å²) in [6, 6.07) is 11.0. The molecule has 3 rings (SSSR count). The highest BCUT2D eigenvalue weighted by Gasteiger charge is 2.04. The Morgan fingerprint density at radius 3 is 2.75 bits per heavy atom.